The molecule has 0 spiro atoms. The van der Waals surface area contributed by atoms with Gasteiger partial charge in [-0.05, 0) is 18.8 Å². The molecule has 15 heavy (non-hydrogen) atoms. The highest BCUT2D eigenvalue weighted by Gasteiger charge is 2.50. The highest BCUT2D eigenvalue weighted by Crippen LogP contribution is 2.48. The number of hydrogen-bond acceptors (Lipinski definition) is 3. The summed E-state index contributed by atoms with van der Waals surface area (Å²) in [4.78, 5) is 13.5. The number of rotatable bonds is 3. The number of methoxy groups -OCH3 is 1. The zero-order valence-electron chi connectivity index (χ0n) is 9.37. The summed E-state index contributed by atoms with van der Waals surface area (Å²) in [7, 11) is 1.75. The molecule has 1 amide bonds. The van der Waals surface area contributed by atoms with Crippen molar-refractivity contribution in [1.82, 2.24) is 4.90 Å². The van der Waals surface area contributed by atoms with Crippen LogP contribution in [0.15, 0.2) is 0 Å². The third-order valence-electron chi connectivity index (χ3n) is 4.00. The molecule has 0 aromatic rings. The van der Waals surface area contributed by atoms with Gasteiger partial charge in [0.05, 0.1) is 13.2 Å². The molecule has 4 heteroatoms. The molecule has 86 valence electrons. The predicted octanol–water partition coefficient (Wildman–Crippen LogP) is 0.220. The minimum absolute atomic E-state index is 0.0832. The molecule has 0 radical (unpaired) electrons. The first kappa shape index (κ1) is 10.9. The molecule has 0 bridgehead atoms. The number of amides is 1. The van der Waals surface area contributed by atoms with Gasteiger partial charge >= 0.3 is 0 Å². The second-order valence-corrected chi connectivity index (χ2v) is 4.86. The molecule has 2 N–H and O–H groups in total. The SMILES string of the molecule is COC[C@]12CCC[C@H]1CN(C(=O)CN)C2. The van der Waals surface area contributed by atoms with Gasteiger partial charge in [-0.3, -0.25) is 4.79 Å². The molecule has 4 nitrogen and oxygen atoms in total. The van der Waals surface area contributed by atoms with Crippen LogP contribution >= 0.6 is 0 Å². The van der Waals surface area contributed by atoms with Crippen molar-refractivity contribution in [3.8, 4) is 0 Å². The van der Waals surface area contributed by atoms with E-state index in [1.54, 1.807) is 7.11 Å². The van der Waals surface area contributed by atoms with E-state index in [2.05, 4.69) is 0 Å². The summed E-state index contributed by atoms with van der Waals surface area (Å²) in [6, 6.07) is 0. The largest absolute Gasteiger partial charge is 0.384 e. The Morgan fingerprint density at radius 1 is 1.67 bits per heavy atom. The van der Waals surface area contributed by atoms with Gasteiger partial charge in [0.1, 0.15) is 0 Å². The Balaban J connectivity index is 2.07. The zero-order valence-corrected chi connectivity index (χ0v) is 9.37. The van der Waals surface area contributed by atoms with E-state index in [1.165, 1.54) is 19.3 Å². The number of fused-ring (bicyclic) bond motifs is 1. The zero-order chi connectivity index (χ0) is 10.9. The first-order valence-electron chi connectivity index (χ1n) is 5.68. The van der Waals surface area contributed by atoms with E-state index in [4.69, 9.17) is 10.5 Å². The fraction of sp³-hybridized carbons (Fsp3) is 0.909. The number of carbonyl (C=O) groups is 1. The molecule has 2 aliphatic rings. The first-order valence-corrected chi connectivity index (χ1v) is 5.68. The first-order chi connectivity index (χ1) is 7.22. The van der Waals surface area contributed by atoms with Gasteiger partial charge in [0.25, 0.3) is 0 Å². The lowest BCUT2D eigenvalue weighted by molar-refractivity contribution is -0.129. The summed E-state index contributed by atoms with van der Waals surface area (Å²) in [6.07, 6.45) is 3.70. The number of nitrogens with zero attached hydrogens (tertiary/aromatic N) is 1. The van der Waals surface area contributed by atoms with Gasteiger partial charge in [-0.1, -0.05) is 6.42 Å². The van der Waals surface area contributed by atoms with Gasteiger partial charge < -0.3 is 15.4 Å². The van der Waals surface area contributed by atoms with Crippen molar-refractivity contribution in [3.05, 3.63) is 0 Å². The summed E-state index contributed by atoms with van der Waals surface area (Å²) in [5.41, 5.74) is 5.63. The van der Waals surface area contributed by atoms with E-state index >= 15 is 0 Å². The van der Waals surface area contributed by atoms with E-state index < -0.39 is 0 Å². The second kappa shape index (κ2) is 4.10. The van der Waals surface area contributed by atoms with Crippen molar-refractivity contribution in [1.29, 1.82) is 0 Å². The number of nitrogens with two attached hydrogens (primary N) is 1. The molecule has 0 aromatic carbocycles. The molecule has 2 rings (SSSR count). The highest BCUT2D eigenvalue weighted by molar-refractivity contribution is 5.78. The minimum Gasteiger partial charge on any atom is -0.384 e. The van der Waals surface area contributed by atoms with Gasteiger partial charge in [-0.2, -0.15) is 0 Å². The van der Waals surface area contributed by atoms with Gasteiger partial charge in [0, 0.05) is 25.6 Å². The monoisotopic (exact) mass is 212 g/mol. The smallest absolute Gasteiger partial charge is 0.236 e. The molecule has 2 atom stereocenters. The number of likely N-dealkylation sites (tertiary alicyclic amines) is 1. The van der Waals surface area contributed by atoms with Gasteiger partial charge in [0.15, 0.2) is 0 Å². The van der Waals surface area contributed by atoms with Gasteiger partial charge in [0.2, 0.25) is 5.91 Å². The molecule has 1 aliphatic carbocycles. The Bertz CT molecular complexity index is 257. The summed E-state index contributed by atoms with van der Waals surface area (Å²) in [5.74, 6) is 0.716. The van der Waals surface area contributed by atoms with Crippen LogP contribution in [0.2, 0.25) is 0 Å². The van der Waals surface area contributed by atoms with E-state index in [0.717, 1.165) is 19.7 Å². The maximum absolute atomic E-state index is 11.6. The maximum atomic E-state index is 11.6. The van der Waals surface area contributed by atoms with E-state index in [1.807, 2.05) is 4.90 Å². The van der Waals surface area contributed by atoms with E-state index in [9.17, 15) is 4.79 Å². The lowest BCUT2D eigenvalue weighted by Gasteiger charge is -2.27. The van der Waals surface area contributed by atoms with Crippen molar-refractivity contribution < 1.29 is 9.53 Å². The summed E-state index contributed by atoms with van der Waals surface area (Å²) in [5, 5.41) is 0. The molecular weight excluding hydrogens is 192 g/mol. The Kier molecular flexibility index (Phi) is 2.98. The van der Waals surface area contributed by atoms with Crippen LogP contribution < -0.4 is 5.73 Å². The Morgan fingerprint density at radius 2 is 2.47 bits per heavy atom. The normalized spacial score (nSPS) is 34.5. The molecule has 1 aliphatic heterocycles. The lowest BCUT2D eigenvalue weighted by Crippen LogP contribution is -2.37. The summed E-state index contributed by atoms with van der Waals surface area (Å²) >= 11 is 0. The average Bonchev–Trinajstić information content (AvgIpc) is 2.73. The van der Waals surface area contributed by atoms with Crippen molar-refractivity contribution in [3.63, 3.8) is 0 Å². The van der Waals surface area contributed by atoms with Crippen LogP contribution in [0, 0.1) is 11.3 Å². The predicted molar refractivity (Wildman–Crippen MR) is 57.3 cm³/mol. The Labute approximate surface area is 90.8 Å². The molecule has 2 fully saturated rings. The Morgan fingerprint density at radius 3 is 3.13 bits per heavy atom. The molecule has 1 saturated heterocycles. The number of hydrogen-bond donors (Lipinski definition) is 1. The third-order valence-corrected chi connectivity index (χ3v) is 4.00. The maximum Gasteiger partial charge on any atom is 0.236 e. The fourth-order valence-electron chi connectivity index (χ4n) is 3.26. The van der Waals surface area contributed by atoms with Crippen LogP contribution in [0.4, 0.5) is 0 Å². The minimum atomic E-state index is 0.0832. The second-order valence-electron chi connectivity index (χ2n) is 4.86. The van der Waals surface area contributed by atoms with Crippen LogP contribution in [0.25, 0.3) is 0 Å². The molecule has 0 aromatic heterocycles. The topological polar surface area (TPSA) is 55.6 Å². The van der Waals surface area contributed by atoms with E-state index in [-0.39, 0.29) is 17.9 Å². The van der Waals surface area contributed by atoms with Crippen molar-refractivity contribution >= 4 is 5.91 Å². The van der Waals surface area contributed by atoms with Crippen LogP contribution in [0.1, 0.15) is 19.3 Å². The standard InChI is InChI=1S/C11H20N2O2/c1-15-8-11-4-2-3-9(11)6-13(7-11)10(14)5-12/h9H,2-8,12H2,1H3/t9-,11+/m0/s1. The van der Waals surface area contributed by atoms with Crippen LogP contribution in [-0.4, -0.2) is 44.2 Å². The van der Waals surface area contributed by atoms with Crippen LogP contribution in [0.5, 0.6) is 0 Å². The molecule has 1 heterocycles. The van der Waals surface area contributed by atoms with Gasteiger partial charge in [-0.25, -0.2) is 0 Å². The fourth-order valence-corrected chi connectivity index (χ4v) is 3.26. The van der Waals surface area contributed by atoms with Crippen LogP contribution in [-0.2, 0) is 9.53 Å². The molecule has 0 unspecified atom stereocenters. The van der Waals surface area contributed by atoms with E-state index in [0.29, 0.717) is 5.92 Å². The van der Waals surface area contributed by atoms with Crippen molar-refractivity contribution in [2.45, 2.75) is 19.3 Å². The van der Waals surface area contributed by atoms with Gasteiger partial charge in [-0.15, -0.1) is 0 Å². The van der Waals surface area contributed by atoms with Crippen LogP contribution in [0.3, 0.4) is 0 Å². The number of carbonyl (C=O) groups excluding carboxylic acids is 1. The van der Waals surface area contributed by atoms with Crippen molar-refractivity contribution in [2.24, 2.45) is 17.1 Å². The highest BCUT2D eigenvalue weighted by atomic mass is 16.5. The molecular formula is C11H20N2O2. The average molecular weight is 212 g/mol. The summed E-state index contributed by atoms with van der Waals surface area (Å²) in [6.45, 7) is 2.66. The number of ether oxygens (including phenoxy) is 1. The summed E-state index contributed by atoms with van der Waals surface area (Å²) < 4.78 is 5.32. The molecule has 1 saturated carbocycles. The van der Waals surface area contributed by atoms with Crippen molar-refractivity contribution in [2.75, 3.05) is 33.4 Å². The lowest BCUT2D eigenvalue weighted by atomic mass is 9.82. The Hall–Kier alpha value is -0.610. The third kappa shape index (κ3) is 1.76. The quantitative estimate of drug-likeness (QED) is 0.728.